The Balaban J connectivity index is 2.23. The zero-order valence-electron chi connectivity index (χ0n) is 6.93. The summed E-state index contributed by atoms with van der Waals surface area (Å²) in [6, 6.07) is 7.84. The van der Waals surface area contributed by atoms with Gasteiger partial charge in [-0.2, -0.15) is 0 Å². The van der Waals surface area contributed by atoms with E-state index in [1.807, 2.05) is 24.3 Å². The largest absolute Gasteiger partial charge is 0.294 e. The minimum atomic E-state index is -1.99. The van der Waals surface area contributed by atoms with Crippen LogP contribution in [0.4, 0.5) is 5.69 Å². The van der Waals surface area contributed by atoms with Crippen LogP contribution >= 0.6 is 0 Å². The second-order valence-electron chi connectivity index (χ2n) is 2.87. The van der Waals surface area contributed by atoms with Gasteiger partial charge >= 0.3 is 0 Å². The van der Waals surface area contributed by atoms with Crippen LogP contribution < -0.4 is 9.84 Å². The third-order valence-electron chi connectivity index (χ3n) is 2.08. The molecule has 0 aromatic heterocycles. The van der Waals surface area contributed by atoms with E-state index in [9.17, 15) is 4.21 Å². The van der Waals surface area contributed by atoms with Gasteiger partial charge in [-0.1, -0.05) is 18.2 Å². The third-order valence-corrected chi connectivity index (χ3v) is 2.45. The summed E-state index contributed by atoms with van der Waals surface area (Å²) in [7, 11) is 0. The fraction of sp³-hybridized carbons (Fsp3) is 0.250. The second-order valence-corrected chi connectivity index (χ2v) is 3.55. The molecule has 4 nitrogen and oxygen atoms in total. The minimum Gasteiger partial charge on any atom is -0.294 e. The van der Waals surface area contributed by atoms with Crippen molar-refractivity contribution in [3.63, 3.8) is 0 Å². The second kappa shape index (κ2) is 3.45. The van der Waals surface area contributed by atoms with Crippen LogP contribution in [0.3, 0.4) is 0 Å². The van der Waals surface area contributed by atoms with Crippen LogP contribution in [-0.4, -0.2) is 15.3 Å². The fourth-order valence-electron chi connectivity index (χ4n) is 1.53. The zero-order valence-corrected chi connectivity index (χ0v) is 7.75. The Labute approximate surface area is 78.9 Å². The van der Waals surface area contributed by atoms with Gasteiger partial charge in [-0.15, -0.1) is 4.83 Å². The summed E-state index contributed by atoms with van der Waals surface area (Å²) in [6.45, 7) is 0.742. The molecule has 0 saturated heterocycles. The number of hydrogen-bond acceptors (Lipinski definition) is 2. The monoisotopic (exact) mass is 198 g/mol. The minimum absolute atomic E-state index is 0.742. The SMILES string of the molecule is O=S(O)NN1CCc2ccccc21. The lowest BCUT2D eigenvalue weighted by Gasteiger charge is -2.16. The maximum absolute atomic E-state index is 10.5. The molecule has 1 aliphatic rings. The zero-order chi connectivity index (χ0) is 9.26. The molecule has 1 aromatic rings. The molecule has 0 radical (unpaired) electrons. The molecule has 13 heavy (non-hydrogen) atoms. The number of nitrogens with one attached hydrogen (secondary N) is 1. The Morgan fingerprint density at radius 2 is 2.23 bits per heavy atom. The number of benzene rings is 1. The smallest absolute Gasteiger partial charge is 0.250 e. The van der Waals surface area contributed by atoms with Gasteiger partial charge in [0.05, 0.1) is 5.69 Å². The van der Waals surface area contributed by atoms with Gasteiger partial charge < -0.3 is 0 Å². The average molecular weight is 198 g/mol. The van der Waals surface area contributed by atoms with E-state index in [1.165, 1.54) is 5.56 Å². The number of nitrogens with zero attached hydrogens (tertiary/aromatic N) is 1. The quantitative estimate of drug-likeness (QED) is 0.687. The van der Waals surface area contributed by atoms with Crippen molar-refractivity contribution >= 4 is 17.0 Å². The molecule has 1 aliphatic heterocycles. The van der Waals surface area contributed by atoms with Crippen molar-refractivity contribution < 1.29 is 8.76 Å². The molecular formula is C8H10N2O2S. The summed E-state index contributed by atoms with van der Waals surface area (Å²) in [4.78, 5) is 2.46. The molecule has 2 N–H and O–H groups in total. The third kappa shape index (κ3) is 1.72. The number of hydrogen-bond donors (Lipinski definition) is 2. The maximum Gasteiger partial charge on any atom is 0.250 e. The van der Waals surface area contributed by atoms with Gasteiger partial charge in [-0.05, 0) is 18.1 Å². The molecule has 0 aliphatic carbocycles. The van der Waals surface area contributed by atoms with Gasteiger partial charge in [0.1, 0.15) is 0 Å². The van der Waals surface area contributed by atoms with Crippen molar-refractivity contribution in [2.75, 3.05) is 11.6 Å². The number of rotatable bonds is 2. The molecule has 5 heteroatoms. The van der Waals surface area contributed by atoms with Gasteiger partial charge in [0.25, 0.3) is 11.3 Å². The summed E-state index contributed by atoms with van der Waals surface area (Å²) in [5.74, 6) is 0. The van der Waals surface area contributed by atoms with Crippen LogP contribution in [-0.2, 0) is 17.7 Å². The van der Waals surface area contributed by atoms with E-state index in [2.05, 4.69) is 4.83 Å². The number of anilines is 1. The molecule has 1 atom stereocenters. The first-order valence-electron chi connectivity index (χ1n) is 4.00. The molecule has 0 saturated carbocycles. The first-order chi connectivity index (χ1) is 6.27. The lowest BCUT2D eigenvalue weighted by atomic mass is 10.2. The molecule has 70 valence electrons. The van der Waals surface area contributed by atoms with E-state index in [-0.39, 0.29) is 0 Å². The van der Waals surface area contributed by atoms with Gasteiger partial charge in [-0.3, -0.25) is 9.56 Å². The molecule has 1 unspecified atom stereocenters. The molecule has 0 amide bonds. The van der Waals surface area contributed by atoms with Crippen LogP contribution in [0.2, 0.25) is 0 Å². The van der Waals surface area contributed by atoms with E-state index in [1.54, 1.807) is 5.01 Å². The van der Waals surface area contributed by atoms with E-state index >= 15 is 0 Å². The standard InChI is InChI=1S/C8H10N2O2S/c11-13(12)9-10-6-5-7-3-1-2-4-8(7)10/h1-4,9H,5-6H2,(H,11,12). The Kier molecular flexibility index (Phi) is 2.30. The predicted molar refractivity (Wildman–Crippen MR) is 51.4 cm³/mol. The summed E-state index contributed by atoms with van der Waals surface area (Å²) in [6.07, 6.45) is 0.917. The molecule has 0 bridgehead atoms. The number of hydrazine groups is 1. The first kappa shape index (κ1) is 8.68. The fourth-order valence-corrected chi connectivity index (χ4v) is 1.91. The summed E-state index contributed by atoms with van der Waals surface area (Å²) in [5.41, 5.74) is 2.20. The van der Waals surface area contributed by atoms with Crippen LogP contribution in [0, 0.1) is 0 Å². The van der Waals surface area contributed by atoms with E-state index in [4.69, 9.17) is 4.55 Å². The van der Waals surface area contributed by atoms with Crippen molar-refractivity contribution in [3.05, 3.63) is 29.8 Å². The van der Waals surface area contributed by atoms with Crippen molar-refractivity contribution in [3.8, 4) is 0 Å². The highest BCUT2D eigenvalue weighted by atomic mass is 32.2. The van der Waals surface area contributed by atoms with Crippen molar-refractivity contribution in [2.24, 2.45) is 0 Å². The van der Waals surface area contributed by atoms with Gasteiger partial charge in [0.15, 0.2) is 0 Å². The molecule has 1 heterocycles. The van der Waals surface area contributed by atoms with Crippen molar-refractivity contribution in [2.45, 2.75) is 6.42 Å². The van der Waals surface area contributed by atoms with Gasteiger partial charge in [-0.25, -0.2) is 4.21 Å². The van der Waals surface area contributed by atoms with Crippen LogP contribution in [0.5, 0.6) is 0 Å². The Morgan fingerprint density at radius 3 is 3.00 bits per heavy atom. The molecule has 2 rings (SSSR count). The lowest BCUT2D eigenvalue weighted by molar-refractivity contribution is 0.545. The maximum atomic E-state index is 10.5. The Bertz CT molecular complexity index is 343. The highest BCUT2D eigenvalue weighted by Crippen LogP contribution is 2.25. The van der Waals surface area contributed by atoms with Crippen LogP contribution in [0.25, 0.3) is 0 Å². The highest BCUT2D eigenvalue weighted by molar-refractivity contribution is 7.77. The summed E-state index contributed by atoms with van der Waals surface area (Å²) in [5, 5.41) is 1.70. The van der Waals surface area contributed by atoms with E-state index in [0.29, 0.717) is 0 Å². The van der Waals surface area contributed by atoms with Crippen molar-refractivity contribution in [1.29, 1.82) is 0 Å². The van der Waals surface area contributed by atoms with E-state index in [0.717, 1.165) is 18.7 Å². The van der Waals surface area contributed by atoms with Crippen molar-refractivity contribution in [1.82, 2.24) is 4.83 Å². The van der Waals surface area contributed by atoms with Crippen LogP contribution in [0.15, 0.2) is 24.3 Å². The topological polar surface area (TPSA) is 52.6 Å². The lowest BCUT2D eigenvalue weighted by Crippen LogP contribution is -2.37. The molecule has 0 fully saturated rings. The molecule has 0 spiro atoms. The first-order valence-corrected chi connectivity index (χ1v) is 5.10. The predicted octanol–water partition coefficient (Wildman–Crippen LogP) is 0.690. The summed E-state index contributed by atoms with van der Waals surface area (Å²) >= 11 is -1.99. The summed E-state index contributed by atoms with van der Waals surface area (Å²) < 4.78 is 19.2. The van der Waals surface area contributed by atoms with Gasteiger partial charge in [0.2, 0.25) is 0 Å². The molecular weight excluding hydrogens is 188 g/mol. The Hall–Kier alpha value is -0.910. The van der Waals surface area contributed by atoms with E-state index < -0.39 is 11.3 Å². The molecule has 1 aromatic carbocycles. The normalized spacial score (nSPS) is 17.2. The Morgan fingerprint density at radius 1 is 1.46 bits per heavy atom. The average Bonchev–Trinajstić information content (AvgIpc) is 2.48. The number of fused-ring (bicyclic) bond motifs is 1. The number of para-hydroxylation sites is 1. The van der Waals surface area contributed by atoms with Crippen LogP contribution in [0.1, 0.15) is 5.56 Å². The van der Waals surface area contributed by atoms with Gasteiger partial charge in [0, 0.05) is 6.54 Å². The highest BCUT2D eigenvalue weighted by Gasteiger charge is 2.18.